The van der Waals surface area contributed by atoms with Crippen LogP contribution >= 0.6 is 0 Å². The van der Waals surface area contributed by atoms with E-state index in [0.717, 1.165) is 0 Å². The van der Waals surface area contributed by atoms with E-state index in [-0.39, 0.29) is 11.5 Å². The minimum atomic E-state index is -0.341. The van der Waals surface area contributed by atoms with E-state index in [4.69, 9.17) is 9.47 Å². The van der Waals surface area contributed by atoms with Crippen LogP contribution in [0.4, 0.5) is 4.39 Å². The molecule has 19 heavy (non-hydrogen) atoms. The fourth-order valence-corrected chi connectivity index (χ4v) is 1.48. The maximum Gasteiger partial charge on any atom is 0.187 e. The van der Waals surface area contributed by atoms with Gasteiger partial charge in [0.25, 0.3) is 0 Å². The Morgan fingerprint density at radius 2 is 2.00 bits per heavy atom. The van der Waals surface area contributed by atoms with Crippen molar-refractivity contribution in [3.63, 3.8) is 0 Å². The van der Waals surface area contributed by atoms with Crippen molar-refractivity contribution in [2.24, 2.45) is 0 Å². The second-order valence-electron chi connectivity index (χ2n) is 3.66. The fourth-order valence-electron chi connectivity index (χ4n) is 1.48. The Kier molecular flexibility index (Phi) is 4.07. The SMILES string of the molecule is CCOc1cc(C=O)ncc1Oc1ccc(F)cc1. The normalized spacial score (nSPS) is 10.0. The molecule has 1 aromatic heterocycles. The molecule has 0 aliphatic heterocycles. The maximum absolute atomic E-state index is 12.8. The van der Waals surface area contributed by atoms with Crippen LogP contribution in [0.1, 0.15) is 17.4 Å². The number of hydrogen-bond donors (Lipinski definition) is 0. The molecule has 0 N–H and O–H groups in total. The number of nitrogens with zero attached hydrogens (tertiary/aromatic N) is 1. The average molecular weight is 261 g/mol. The summed E-state index contributed by atoms with van der Waals surface area (Å²) in [7, 11) is 0. The van der Waals surface area contributed by atoms with E-state index in [0.29, 0.717) is 30.1 Å². The van der Waals surface area contributed by atoms with Gasteiger partial charge < -0.3 is 9.47 Å². The highest BCUT2D eigenvalue weighted by molar-refractivity contribution is 5.73. The third-order valence-electron chi connectivity index (χ3n) is 2.31. The molecule has 1 aromatic carbocycles. The fraction of sp³-hybridized carbons (Fsp3) is 0.143. The predicted molar refractivity (Wildman–Crippen MR) is 67.3 cm³/mol. The van der Waals surface area contributed by atoms with Gasteiger partial charge in [0.2, 0.25) is 0 Å². The van der Waals surface area contributed by atoms with Crippen LogP contribution in [0.3, 0.4) is 0 Å². The van der Waals surface area contributed by atoms with Gasteiger partial charge in [-0.25, -0.2) is 9.37 Å². The van der Waals surface area contributed by atoms with Gasteiger partial charge in [0, 0.05) is 6.07 Å². The lowest BCUT2D eigenvalue weighted by atomic mass is 10.3. The summed E-state index contributed by atoms with van der Waals surface area (Å²) in [6, 6.07) is 7.08. The van der Waals surface area contributed by atoms with Crippen LogP contribution in [0, 0.1) is 5.82 Å². The van der Waals surface area contributed by atoms with Gasteiger partial charge in [-0.1, -0.05) is 0 Å². The molecule has 0 fully saturated rings. The number of pyridine rings is 1. The number of carbonyl (C=O) groups excluding carboxylic acids is 1. The number of ether oxygens (including phenoxy) is 2. The molecule has 2 aromatic rings. The van der Waals surface area contributed by atoms with Gasteiger partial charge in [0.15, 0.2) is 17.8 Å². The Morgan fingerprint density at radius 1 is 1.26 bits per heavy atom. The molecular weight excluding hydrogens is 249 g/mol. The molecule has 1 heterocycles. The number of aromatic nitrogens is 1. The summed E-state index contributed by atoms with van der Waals surface area (Å²) in [4.78, 5) is 14.6. The molecular formula is C14H12FNO3. The topological polar surface area (TPSA) is 48.4 Å². The first kappa shape index (κ1) is 13.0. The zero-order valence-corrected chi connectivity index (χ0v) is 10.3. The Balaban J connectivity index is 2.27. The van der Waals surface area contributed by atoms with Crippen molar-refractivity contribution in [3.8, 4) is 17.2 Å². The van der Waals surface area contributed by atoms with Crippen molar-refractivity contribution in [1.82, 2.24) is 4.98 Å². The van der Waals surface area contributed by atoms with E-state index in [2.05, 4.69) is 4.98 Å². The third kappa shape index (κ3) is 3.28. The molecule has 4 nitrogen and oxygen atoms in total. The largest absolute Gasteiger partial charge is 0.490 e. The lowest BCUT2D eigenvalue weighted by Crippen LogP contribution is -1.98. The van der Waals surface area contributed by atoms with Crippen LogP contribution in [-0.2, 0) is 0 Å². The Bertz CT molecular complexity index is 569. The number of benzene rings is 1. The van der Waals surface area contributed by atoms with Gasteiger partial charge in [0.1, 0.15) is 17.3 Å². The first-order valence-corrected chi connectivity index (χ1v) is 5.74. The molecule has 0 radical (unpaired) electrons. The summed E-state index contributed by atoms with van der Waals surface area (Å²) in [5.74, 6) is 0.915. The first-order chi connectivity index (χ1) is 9.22. The van der Waals surface area contributed by atoms with Crippen molar-refractivity contribution >= 4 is 6.29 Å². The van der Waals surface area contributed by atoms with Crippen molar-refractivity contribution < 1.29 is 18.7 Å². The third-order valence-corrected chi connectivity index (χ3v) is 2.31. The van der Waals surface area contributed by atoms with Crippen LogP contribution in [0.15, 0.2) is 36.5 Å². The van der Waals surface area contributed by atoms with E-state index in [1.54, 1.807) is 0 Å². The summed E-state index contributed by atoms with van der Waals surface area (Å²) in [6.07, 6.45) is 2.03. The summed E-state index contributed by atoms with van der Waals surface area (Å²) < 4.78 is 23.7. The van der Waals surface area contributed by atoms with Crippen LogP contribution in [0.2, 0.25) is 0 Å². The molecule has 0 atom stereocenters. The molecule has 0 amide bonds. The molecule has 0 saturated carbocycles. The van der Waals surface area contributed by atoms with Gasteiger partial charge in [-0.05, 0) is 31.2 Å². The van der Waals surface area contributed by atoms with Gasteiger partial charge in [-0.2, -0.15) is 0 Å². The standard InChI is InChI=1S/C14H12FNO3/c1-2-18-13-7-11(9-17)16-8-14(13)19-12-5-3-10(15)4-6-12/h3-9H,2H2,1H3. The summed E-state index contributed by atoms with van der Waals surface area (Å²) in [5, 5.41) is 0. The summed E-state index contributed by atoms with van der Waals surface area (Å²) in [5.41, 5.74) is 0.259. The molecule has 5 heteroatoms. The molecule has 0 unspecified atom stereocenters. The zero-order valence-electron chi connectivity index (χ0n) is 10.3. The van der Waals surface area contributed by atoms with E-state index < -0.39 is 0 Å². The highest BCUT2D eigenvalue weighted by Crippen LogP contribution is 2.31. The Hall–Kier alpha value is -2.43. The van der Waals surface area contributed by atoms with Gasteiger partial charge in [-0.15, -0.1) is 0 Å². The first-order valence-electron chi connectivity index (χ1n) is 5.74. The second kappa shape index (κ2) is 5.95. The monoisotopic (exact) mass is 261 g/mol. The van der Waals surface area contributed by atoms with Gasteiger partial charge in [0.05, 0.1) is 12.8 Å². The van der Waals surface area contributed by atoms with Crippen LogP contribution in [0.5, 0.6) is 17.2 Å². The number of halogens is 1. The van der Waals surface area contributed by atoms with Crippen molar-refractivity contribution in [2.75, 3.05) is 6.61 Å². The minimum Gasteiger partial charge on any atom is -0.490 e. The molecule has 0 saturated heterocycles. The van der Waals surface area contributed by atoms with Gasteiger partial charge in [-0.3, -0.25) is 4.79 Å². The number of hydrogen-bond acceptors (Lipinski definition) is 4. The lowest BCUT2D eigenvalue weighted by molar-refractivity contribution is 0.111. The maximum atomic E-state index is 12.8. The highest BCUT2D eigenvalue weighted by Gasteiger charge is 2.08. The summed E-state index contributed by atoms with van der Waals surface area (Å²) in [6.45, 7) is 2.25. The Labute approximate surface area is 109 Å². The second-order valence-corrected chi connectivity index (χ2v) is 3.66. The summed E-state index contributed by atoms with van der Waals surface area (Å²) >= 11 is 0. The van der Waals surface area contributed by atoms with Gasteiger partial charge >= 0.3 is 0 Å². The Morgan fingerprint density at radius 3 is 2.63 bits per heavy atom. The number of carbonyl (C=O) groups is 1. The van der Waals surface area contributed by atoms with E-state index in [1.165, 1.54) is 36.5 Å². The minimum absolute atomic E-state index is 0.259. The number of rotatable bonds is 5. The molecule has 98 valence electrons. The average Bonchev–Trinajstić information content (AvgIpc) is 2.43. The van der Waals surface area contributed by atoms with Crippen molar-refractivity contribution in [3.05, 3.63) is 48.0 Å². The molecule has 0 spiro atoms. The highest BCUT2D eigenvalue weighted by atomic mass is 19.1. The molecule has 0 bridgehead atoms. The van der Waals surface area contributed by atoms with E-state index in [9.17, 15) is 9.18 Å². The smallest absolute Gasteiger partial charge is 0.187 e. The van der Waals surface area contributed by atoms with Crippen LogP contribution in [-0.4, -0.2) is 17.9 Å². The van der Waals surface area contributed by atoms with Crippen LogP contribution < -0.4 is 9.47 Å². The van der Waals surface area contributed by atoms with Crippen LogP contribution in [0.25, 0.3) is 0 Å². The molecule has 0 aliphatic rings. The zero-order chi connectivity index (χ0) is 13.7. The van der Waals surface area contributed by atoms with E-state index >= 15 is 0 Å². The molecule has 0 aliphatic carbocycles. The number of aldehydes is 1. The van der Waals surface area contributed by atoms with Crippen molar-refractivity contribution in [2.45, 2.75) is 6.92 Å². The van der Waals surface area contributed by atoms with E-state index in [1.807, 2.05) is 6.92 Å². The van der Waals surface area contributed by atoms with Crippen molar-refractivity contribution in [1.29, 1.82) is 0 Å². The quantitative estimate of drug-likeness (QED) is 0.775. The predicted octanol–water partition coefficient (Wildman–Crippen LogP) is 3.22. The lowest BCUT2D eigenvalue weighted by Gasteiger charge is -2.11. The molecule has 2 rings (SSSR count).